The Morgan fingerprint density at radius 1 is 0.829 bits per heavy atom. The molecule has 0 bridgehead atoms. The number of ether oxygens (including phenoxy) is 4. The van der Waals surface area contributed by atoms with Crippen LogP contribution in [0.25, 0.3) is 0 Å². The summed E-state index contributed by atoms with van der Waals surface area (Å²) in [6, 6.07) is 13.2. The average Bonchev–Trinajstić information content (AvgIpc) is 2.88. The maximum absolute atomic E-state index is 11.8. The second-order valence-corrected chi connectivity index (χ2v) is 10.8. The maximum Gasteiger partial charge on any atom is 0.429 e. The van der Waals surface area contributed by atoms with Crippen LogP contribution < -0.4 is 22.1 Å². The monoisotopic (exact) mass is 639 g/mol. The van der Waals surface area contributed by atoms with Crippen molar-refractivity contribution in [1.82, 2.24) is 5.43 Å². The first-order valence-corrected chi connectivity index (χ1v) is 13.2. The Hall–Kier alpha value is -3.81. The van der Waals surface area contributed by atoms with Crippen molar-refractivity contribution in [2.75, 3.05) is 18.2 Å². The van der Waals surface area contributed by atoms with Gasteiger partial charge in [0.25, 0.3) is 0 Å². The first kappa shape index (κ1) is 37.2. The molecule has 0 atom stereocenters. The van der Waals surface area contributed by atoms with Gasteiger partial charge in [-0.05, 0) is 97.0 Å². The highest BCUT2D eigenvalue weighted by atomic mass is 79.9. The minimum absolute atomic E-state index is 0.162. The predicted octanol–water partition coefficient (Wildman–Crippen LogP) is 5.30. The molecule has 0 saturated carbocycles. The minimum Gasteiger partial charge on any atom is -0.462 e. The van der Waals surface area contributed by atoms with Crippen molar-refractivity contribution in [3.05, 3.63) is 71.1 Å². The number of carbonyl (C=O) groups excluding carboxylic acids is 4. The molecule has 0 aliphatic heterocycles. The van der Waals surface area contributed by atoms with Gasteiger partial charge in [0, 0.05) is 4.47 Å². The number of halogens is 1. The largest absolute Gasteiger partial charge is 0.462 e. The van der Waals surface area contributed by atoms with Gasteiger partial charge in [-0.1, -0.05) is 15.9 Å². The number of nitrogens with two attached hydrogens (primary N) is 2. The molecule has 41 heavy (non-hydrogen) atoms. The Kier molecular flexibility index (Phi) is 16.1. The highest BCUT2D eigenvalue weighted by Crippen LogP contribution is 2.17. The molecule has 0 spiro atoms. The molecule has 0 aliphatic rings. The summed E-state index contributed by atoms with van der Waals surface area (Å²) in [4.78, 5) is 44.7. The lowest BCUT2D eigenvalue weighted by molar-refractivity contribution is 0.0516. The Morgan fingerprint density at radius 3 is 1.63 bits per heavy atom. The van der Waals surface area contributed by atoms with Crippen LogP contribution in [0.4, 0.5) is 15.3 Å². The smallest absolute Gasteiger partial charge is 0.429 e. The number of carbonyl (C=O) groups is 4. The molecular formula is C28H40BrN4O8+. The number of benzene rings is 2. The highest BCUT2D eigenvalue weighted by molar-refractivity contribution is 9.10. The lowest BCUT2D eigenvalue weighted by Gasteiger charge is -2.24. The van der Waals surface area contributed by atoms with E-state index >= 15 is 0 Å². The van der Waals surface area contributed by atoms with E-state index in [0.717, 1.165) is 9.48 Å². The number of esters is 2. The number of amides is 2. The maximum atomic E-state index is 11.8. The molecule has 0 fully saturated rings. The Labute approximate surface area is 249 Å². The molecule has 2 aromatic rings. The van der Waals surface area contributed by atoms with Crippen LogP contribution >= 0.6 is 15.9 Å². The van der Waals surface area contributed by atoms with Crippen LogP contribution in [0.5, 0.6) is 0 Å². The number of nitrogens with one attached hydrogen (secondary N) is 1. The van der Waals surface area contributed by atoms with Crippen LogP contribution in [0.15, 0.2) is 53.0 Å². The van der Waals surface area contributed by atoms with E-state index in [-0.39, 0.29) is 12.6 Å². The number of rotatable bonds is 5. The van der Waals surface area contributed by atoms with Gasteiger partial charge in [-0.25, -0.2) is 35.9 Å². The van der Waals surface area contributed by atoms with Crippen LogP contribution in [-0.2, 0) is 18.9 Å². The lowest BCUT2D eigenvalue weighted by Crippen LogP contribution is -2.41. The van der Waals surface area contributed by atoms with E-state index < -0.39 is 29.4 Å². The number of nitrogens with zero attached hydrogens (tertiary/aromatic N) is 1. The first-order chi connectivity index (χ1) is 18.9. The van der Waals surface area contributed by atoms with Crippen LogP contribution in [0, 0.1) is 6.92 Å². The van der Waals surface area contributed by atoms with Gasteiger partial charge in [0.15, 0.2) is 0 Å². The third kappa shape index (κ3) is 16.8. The van der Waals surface area contributed by atoms with E-state index in [2.05, 4.69) is 22.9 Å². The molecule has 2 amide bonds. The van der Waals surface area contributed by atoms with Crippen molar-refractivity contribution in [2.45, 2.75) is 59.7 Å². The topological polar surface area (TPSA) is 173 Å². The van der Waals surface area contributed by atoms with Crippen molar-refractivity contribution in [3.8, 4) is 0 Å². The van der Waals surface area contributed by atoms with E-state index in [1.54, 1.807) is 84.9 Å². The van der Waals surface area contributed by atoms with Gasteiger partial charge in [0.05, 0.1) is 23.4 Å². The van der Waals surface area contributed by atoms with Gasteiger partial charge >= 0.3 is 24.1 Å². The fourth-order valence-corrected chi connectivity index (χ4v) is 2.72. The van der Waals surface area contributed by atoms with Crippen molar-refractivity contribution in [3.63, 3.8) is 0 Å². The van der Waals surface area contributed by atoms with Crippen LogP contribution in [0.3, 0.4) is 0 Å². The third-order valence-electron chi connectivity index (χ3n) is 4.08. The summed E-state index contributed by atoms with van der Waals surface area (Å²) in [5.74, 6) is 9.68. The fraction of sp³-hybridized carbons (Fsp3) is 0.393. The molecule has 0 radical (unpaired) electrons. The molecular weight excluding hydrogens is 600 g/mol. The van der Waals surface area contributed by atoms with E-state index in [1.807, 2.05) is 5.43 Å². The molecule has 0 aliphatic carbocycles. The molecule has 0 aromatic heterocycles. The zero-order valence-corrected chi connectivity index (χ0v) is 26.1. The van der Waals surface area contributed by atoms with Crippen molar-refractivity contribution in [2.24, 2.45) is 11.7 Å². The van der Waals surface area contributed by atoms with Crippen molar-refractivity contribution in [1.29, 1.82) is 0 Å². The van der Waals surface area contributed by atoms with Gasteiger partial charge in [-0.3, -0.25) is 5.43 Å². The molecule has 226 valence electrons. The molecule has 12 nitrogen and oxygen atoms in total. The van der Waals surface area contributed by atoms with Crippen LogP contribution in [0.1, 0.15) is 69.2 Å². The number of hydrazine groups is 2. The summed E-state index contributed by atoms with van der Waals surface area (Å²) in [7, 11) is 0. The first-order valence-electron chi connectivity index (χ1n) is 12.4. The van der Waals surface area contributed by atoms with E-state index in [4.69, 9.17) is 30.6 Å². The lowest BCUT2D eigenvalue weighted by atomic mass is 10.2. The summed E-state index contributed by atoms with van der Waals surface area (Å²) < 4.78 is 20.4. The predicted molar refractivity (Wildman–Crippen MR) is 159 cm³/mol. The fourth-order valence-electron chi connectivity index (χ4n) is 2.46. The Balaban J connectivity index is 0.000000646. The zero-order chi connectivity index (χ0) is 31.8. The highest BCUT2D eigenvalue weighted by Gasteiger charge is 2.21. The van der Waals surface area contributed by atoms with E-state index in [0.29, 0.717) is 23.4 Å². The number of anilines is 1. The molecule has 13 heteroatoms. The molecule has 2 rings (SSSR count). The van der Waals surface area contributed by atoms with Crippen molar-refractivity contribution >= 4 is 45.7 Å². The third-order valence-corrected chi connectivity index (χ3v) is 4.61. The number of hydrogen-bond donors (Lipinski definition) is 3. The van der Waals surface area contributed by atoms with Crippen molar-refractivity contribution < 1.29 is 38.1 Å². The van der Waals surface area contributed by atoms with Gasteiger partial charge < -0.3 is 18.9 Å². The van der Waals surface area contributed by atoms with Gasteiger partial charge in [0.1, 0.15) is 18.1 Å². The SMILES string of the molecule is CC(C)(C)OC(=O)NN.CCOC(=O)c1ccc(N(N)C(=O)OC(C)(C)C)cc1.[CH2+]COC(=O)c1ccc(Br)cc1. The summed E-state index contributed by atoms with van der Waals surface area (Å²) in [5, 5.41) is 0.889. The zero-order valence-electron chi connectivity index (χ0n) is 24.5. The average molecular weight is 641 g/mol. The second-order valence-electron chi connectivity index (χ2n) is 9.91. The standard InChI is InChI=1S/C14H20N2O4.C9H8BrO2.C5H12N2O2/c1-5-19-12(17)10-6-8-11(9-7-10)16(15)13(18)20-14(2,3)4;1-2-12-9(11)7-3-5-8(10)6-4-7;1-5(2,3)9-4(8)7-6/h6-9H,5,15H2,1-4H3;3-6H,1-2H2;6H2,1-3H3,(H,7,8)/q;+1;. The van der Waals surface area contributed by atoms with E-state index in [9.17, 15) is 19.2 Å². The number of hydrogen-bond acceptors (Lipinski definition) is 10. The molecule has 0 saturated heterocycles. The second kappa shape index (κ2) is 17.8. The Morgan fingerprint density at radius 2 is 1.27 bits per heavy atom. The normalized spacial score (nSPS) is 10.4. The van der Waals surface area contributed by atoms with Crippen LogP contribution in [0.2, 0.25) is 0 Å². The molecule has 0 unspecified atom stereocenters. The van der Waals surface area contributed by atoms with Gasteiger partial charge in [0.2, 0.25) is 6.61 Å². The molecule has 0 heterocycles. The molecule has 2 aromatic carbocycles. The summed E-state index contributed by atoms with van der Waals surface area (Å²) >= 11 is 3.27. The quantitative estimate of drug-likeness (QED) is 0.0972. The summed E-state index contributed by atoms with van der Waals surface area (Å²) in [5.41, 5.74) is 2.13. The summed E-state index contributed by atoms with van der Waals surface area (Å²) in [6.45, 7) is 16.2. The van der Waals surface area contributed by atoms with E-state index in [1.165, 1.54) is 12.1 Å². The summed E-state index contributed by atoms with van der Waals surface area (Å²) in [6.07, 6.45) is -1.27. The minimum atomic E-state index is -0.665. The van der Waals surface area contributed by atoms with Gasteiger partial charge in [-0.2, -0.15) is 0 Å². The Bertz CT molecular complexity index is 1110. The van der Waals surface area contributed by atoms with Gasteiger partial charge in [-0.15, -0.1) is 0 Å². The van der Waals surface area contributed by atoms with Crippen LogP contribution in [-0.4, -0.2) is 48.5 Å². The molecule has 5 N–H and O–H groups in total.